The Hall–Kier alpha value is -2.29. The van der Waals surface area contributed by atoms with Gasteiger partial charge in [0.2, 0.25) is 0 Å². The fraction of sp³-hybridized carbons (Fsp3) is 0. The molecule has 0 fully saturated rings. The van der Waals surface area contributed by atoms with Crippen LogP contribution in [0.25, 0.3) is 0 Å². The van der Waals surface area contributed by atoms with Crippen LogP contribution >= 0.6 is 0 Å². The van der Waals surface area contributed by atoms with Gasteiger partial charge < -0.3 is 0 Å². The SMILES string of the molecule is O=Cc1ccccc1.O=Nc1ccccc1. The van der Waals surface area contributed by atoms with E-state index in [1.165, 1.54) is 0 Å². The molecular formula is C13H11NO2. The van der Waals surface area contributed by atoms with Crippen LogP contribution in [0.2, 0.25) is 0 Å². The summed E-state index contributed by atoms with van der Waals surface area (Å²) in [5.41, 5.74) is 1.21. The van der Waals surface area contributed by atoms with E-state index in [0.29, 0.717) is 5.69 Å². The Labute approximate surface area is 93.7 Å². The fourth-order valence-electron chi connectivity index (χ4n) is 1.02. The molecular weight excluding hydrogens is 202 g/mol. The highest BCUT2D eigenvalue weighted by molar-refractivity contribution is 5.74. The van der Waals surface area contributed by atoms with Gasteiger partial charge in [-0.15, -0.1) is 4.91 Å². The maximum absolute atomic E-state index is 10.0. The van der Waals surface area contributed by atoms with Crippen LogP contribution in [0, 0.1) is 4.91 Å². The molecule has 0 saturated heterocycles. The van der Waals surface area contributed by atoms with Crippen molar-refractivity contribution in [1.82, 2.24) is 0 Å². The highest BCUT2D eigenvalue weighted by Crippen LogP contribution is 2.07. The maximum atomic E-state index is 10.0. The Balaban J connectivity index is 0.000000160. The molecule has 0 spiro atoms. The lowest BCUT2D eigenvalue weighted by atomic mass is 10.2. The summed E-state index contributed by atoms with van der Waals surface area (Å²) in [4.78, 5) is 19.8. The Bertz CT molecular complexity index is 383. The second-order valence-electron chi connectivity index (χ2n) is 2.96. The van der Waals surface area contributed by atoms with Gasteiger partial charge in [-0.3, -0.25) is 4.79 Å². The molecule has 80 valence electrons. The molecule has 2 rings (SSSR count). The second kappa shape index (κ2) is 7.06. The van der Waals surface area contributed by atoms with Gasteiger partial charge in [-0.2, -0.15) is 0 Å². The standard InChI is InChI=1S/C7H6O.C6H5NO/c8-6-7-4-2-1-3-5-7;8-7-6-4-2-1-3-5-6/h1-6H;1-5H. The van der Waals surface area contributed by atoms with Crippen molar-refractivity contribution in [3.63, 3.8) is 0 Å². The largest absolute Gasteiger partial charge is 0.298 e. The first-order valence-electron chi connectivity index (χ1n) is 4.75. The van der Waals surface area contributed by atoms with Crippen molar-refractivity contribution in [1.29, 1.82) is 0 Å². The minimum atomic E-state index is 0.479. The molecule has 0 amide bonds. The molecule has 3 heteroatoms. The van der Waals surface area contributed by atoms with E-state index in [4.69, 9.17) is 0 Å². The second-order valence-corrected chi connectivity index (χ2v) is 2.96. The quantitative estimate of drug-likeness (QED) is 0.565. The van der Waals surface area contributed by atoms with E-state index in [1.807, 2.05) is 24.3 Å². The van der Waals surface area contributed by atoms with Crippen LogP contribution in [0.5, 0.6) is 0 Å². The van der Waals surface area contributed by atoms with Crippen LogP contribution < -0.4 is 0 Å². The van der Waals surface area contributed by atoms with Crippen molar-refractivity contribution in [3.05, 3.63) is 71.1 Å². The molecule has 0 N–H and O–H groups in total. The zero-order valence-electron chi connectivity index (χ0n) is 8.61. The molecule has 0 heterocycles. The van der Waals surface area contributed by atoms with Gasteiger partial charge in [0.15, 0.2) is 0 Å². The lowest BCUT2D eigenvalue weighted by Gasteiger charge is -1.81. The molecule has 3 nitrogen and oxygen atoms in total. The number of carbonyl (C=O) groups is 1. The lowest BCUT2D eigenvalue weighted by Crippen LogP contribution is -1.73. The van der Waals surface area contributed by atoms with Crippen molar-refractivity contribution in [2.75, 3.05) is 0 Å². The molecule has 0 saturated carbocycles. The highest BCUT2D eigenvalue weighted by atomic mass is 16.3. The minimum Gasteiger partial charge on any atom is -0.298 e. The van der Waals surface area contributed by atoms with Gasteiger partial charge in [0.1, 0.15) is 12.0 Å². The van der Waals surface area contributed by atoms with Gasteiger partial charge in [-0.05, 0) is 17.3 Å². The average Bonchev–Trinajstić information content (AvgIpc) is 2.41. The minimum absolute atomic E-state index is 0.479. The molecule has 0 bridgehead atoms. The van der Waals surface area contributed by atoms with Crippen molar-refractivity contribution >= 4 is 12.0 Å². The molecule has 0 aromatic heterocycles. The number of carbonyl (C=O) groups excluding carboxylic acids is 1. The smallest absolute Gasteiger partial charge is 0.150 e. The van der Waals surface area contributed by atoms with Gasteiger partial charge >= 0.3 is 0 Å². The lowest BCUT2D eigenvalue weighted by molar-refractivity contribution is 0.112. The van der Waals surface area contributed by atoms with E-state index in [1.54, 1.807) is 36.4 Å². The zero-order valence-corrected chi connectivity index (χ0v) is 8.61. The molecule has 0 aliphatic carbocycles. The molecule has 16 heavy (non-hydrogen) atoms. The molecule has 0 aliphatic heterocycles. The number of benzene rings is 2. The highest BCUT2D eigenvalue weighted by Gasteiger charge is 1.81. The summed E-state index contributed by atoms with van der Waals surface area (Å²) in [7, 11) is 0. The number of rotatable bonds is 2. The number of nitroso groups, excluding NO2 is 1. The third-order valence-corrected chi connectivity index (χ3v) is 1.80. The predicted molar refractivity (Wildman–Crippen MR) is 63.7 cm³/mol. The third-order valence-electron chi connectivity index (χ3n) is 1.80. The van der Waals surface area contributed by atoms with Gasteiger partial charge in [0.25, 0.3) is 0 Å². The summed E-state index contributed by atoms with van der Waals surface area (Å²) < 4.78 is 0. The Morgan fingerprint density at radius 3 is 1.62 bits per heavy atom. The number of hydrogen-bond acceptors (Lipinski definition) is 3. The Morgan fingerprint density at radius 1 is 0.812 bits per heavy atom. The van der Waals surface area contributed by atoms with E-state index in [2.05, 4.69) is 5.18 Å². The Morgan fingerprint density at radius 2 is 1.31 bits per heavy atom. The van der Waals surface area contributed by atoms with Crippen molar-refractivity contribution in [2.24, 2.45) is 5.18 Å². The third kappa shape index (κ3) is 4.28. The summed E-state index contributed by atoms with van der Waals surface area (Å²) in [6.45, 7) is 0. The summed E-state index contributed by atoms with van der Waals surface area (Å²) in [5, 5.41) is 2.72. The van der Waals surface area contributed by atoms with Crippen molar-refractivity contribution in [2.45, 2.75) is 0 Å². The van der Waals surface area contributed by atoms with Crippen LogP contribution in [0.3, 0.4) is 0 Å². The van der Waals surface area contributed by atoms with Crippen molar-refractivity contribution in [3.8, 4) is 0 Å². The average molecular weight is 213 g/mol. The van der Waals surface area contributed by atoms with Gasteiger partial charge in [-0.25, -0.2) is 0 Å². The van der Waals surface area contributed by atoms with Crippen molar-refractivity contribution < 1.29 is 4.79 Å². The van der Waals surface area contributed by atoms with Crippen LogP contribution in [0.4, 0.5) is 5.69 Å². The topological polar surface area (TPSA) is 46.5 Å². The van der Waals surface area contributed by atoms with Crippen LogP contribution in [-0.4, -0.2) is 6.29 Å². The summed E-state index contributed by atoms with van der Waals surface area (Å²) in [6, 6.07) is 17.8. The van der Waals surface area contributed by atoms with E-state index in [-0.39, 0.29) is 0 Å². The van der Waals surface area contributed by atoms with E-state index >= 15 is 0 Å². The van der Waals surface area contributed by atoms with E-state index in [9.17, 15) is 9.70 Å². The molecule has 0 atom stereocenters. The molecule has 0 unspecified atom stereocenters. The monoisotopic (exact) mass is 213 g/mol. The molecule has 0 radical (unpaired) electrons. The Kier molecular flexibility index (Phi) is 5.20. The first-order chi connectivity index (χ1) is 7.86. The van der Waals surface area contributed by atoms with Crippen LogP contribution in [0.15, 0.2) is 65.8 Å². The summed E-state index contributed by atoms with van der Waals surface area (Å²) in [5.74, 6) is 0. The van der Waals surface area contributed by atoms with Gasteiger partial charge in [0.05, 0.1) is 0 Å². The number of aldehydes is 1. The number of nitrogens with zero attached hydrogens (tertiary/aromatic N) is 1. The van der Waals surface area contributed by atoms with Gasteiger partial charge in [0, 0.05) is 5.56 Å². The first kappa shape index (κ1) is 11.8. The fourth-order valence-corrected chi connectivity index (χ4v) is 1.02. The first-order valence-corrected chi connectivity index (χ1v) is 4.75. The normalized spacial score (nSPS) is 8.50. The van der Waals surface area contributed by atoms with Crippen LogP contribution in [0.1, 0.15) is 10.4 Å². The van der Waals surface area contributed by atoms with Gasteiger partial charge in [-0.1, -0.05) is 48.5 Å². The maximum Gasteiger partial charge on any atom is 0.150 e. The number of hydrogen-bond donors (Lipinski definition) is 0. The van der Waals surface area contributed by atoms with E-state index < -0.39 is 0 Å². The predicted octanol–water partition coefficient (Wildman–Crippen LogP) is 3.58. The zero-order chi connectivity index (χ0) is 11.6. The van der Waals surface area contributed by atoms with Crippen LogP contribution in [-0.2, 0) is 0 Å². The summed E-state index contributed by atoms with van der Waals surface area (Å²) >= 11 is 0. The molecule has 2 aromatic rings. The van der Waals surface area contributed by atoms with E-state index in [0.717, 1.165) is 11.8 Å². The summed E-state index contributed by atoms with van der Waals surface area (Å²) in [6.07, 6.45) is 0.833. The molecule has 2 aromatic carbocycles. The molecule has 0 aliphatic rings.